The molecular formula is C34H21NO2S2. The van der Waals surface area contributed by atoms with Gasteiger partial charge in [-0.3, -0.25) is 0 Å². The molecule has 0 bridgehead atoms. The molecule has 1 aliphatic heterocycles. The Kier molecular flexibility index (Phi) is 4.78. The van der Waals surface area contributed by atoms with Crippen LogP contribution in [0.4, 0.5) is 0 Å². The van der Waals surface area contributed by atoms with Crippen LogP contribution in [0.5, 0.6) is 0 Å². The minimum absolute atomic E-state index is 0.370. The van der Waals surface area contributed by atoms with E-state index >= 15 is 0 Å². The first-order chi connectivity index (χ1) is 19.1. The average molecular weight is 540 g/mol. The first kappa shape index (κ1) is 22.5. The Balaban J connectivity index is 1.50. The van der Waals surface area contributed by atoms with Crippen molar-refractivity contribution in [2.45, 2.75) is 4.90 Å². The summed E-state index contributed by atoms with van der Waals surface area (Å²) >= 11 is 1.55. The highest BCUT2D eigenvalue weighted by Crippen LogP contribution is 2.51. The summed E-state index contributed by atoms with van der Waals surface area (Å²) < 4.78 is 30.1. The van der Waals surface area contributed by atoms with Crippen LogP contribution in [0.1, 0.15) is 0 Å². The van der Waals surface area contributed by atoms with E-state index < -0.39 is 10.0 Å². The summed E-state index contributed by atoms with van der Waals surface area (Å²) in [5.41, 5.74) is 7.77. The lowest BCUT2D eigenvalue weighted by Gasteiger charge is -2.18. The fraction of sp³-hybridized carbons (Fsp3) is 0. The monoisotopic (exact) mass is 539 g/mol. The summed E-state index contributed by atoms with van der Waals surface area (Å²) in [6.07, 6.45) is 0. The van der Waals surface area contributed by atoms with Crippen molar-refractivity contribution in [3.63, 3.8) is 0 Å². The Labute approximate surface area is 230 Å². The van der Waals surface area contributed by atoms with Gasteiger partial charge in [-0.2, -0.15) is 0 Å². The summed E-state index contributed by atoms with van der Waals surface area (Å²) in [7, 11) is -3.81. The van der Waals surface area contributed by atoms with Gasteiger partial charge in [-0.05, 0) is 58.1 Å². The number of hydrogen-bond donors (Lipinski definition) is 0. The minimum atomic E-state index is -3.81. The van der Waals surface area contributed by atoms with Crippen molar-refractivity contribution in [2.75, 3.05) is 0 Å². The third-order valence-electron chi connectivity index (χ3n) is 7.55. The predicted octanol–water partition coefficient (Wildman–Crippen LogP) is 9.07. The molecule has 0 aliphatic carbocycles. The zero-order chi connectivity index (χ0) is 26.1. The van der Waals surface area contributed by atoms with Gasteiger partial charge in [0.2, 0.25) is 0 Å². The molecule has 5 aromatic carbocycles. The van der Waals surface area contributed by atoms with Crippen LogP contribution in [0, 0.1) is 0 Å². The van der Waals surface area contributed by atoms with Gasteiger partial charge in [-0.25, -0.2) is 12.4 Å². The number of nitrogens with zero attached hydrogens (tertiary/aromatic N) is 1. The van der Waals surface area contributed by atoms with Gasteiger partial charge in [0.15, 0.2) is 0 Å². The molecule has 0 atom stereocenters. The van der Waals surface area contributed by atoms with Gasteiger partial charge in [0.25, 0.3) is 10.0 Å². The van der Waals surface area contributed by atoms with Crippen LogP contribution in [0.2, 0.25) is 0 Å². The Hall–Kier alpha value is -4.45. The Morgan fingerprint density at radius 3 is 1.79 bits per heavy atom. The maximum atomic E-state index is 14.3. The van der Waals surface area contributed by atoms with Crippen molar-refractivity contribution in [1.29, 1.82) is 0 Å². The first-order valence-corrected chi connectivity index (χ1v) is 15.0. The molecule has 7 aromatic rings. The molecule has 3 nitrogen and oxygen atoms in total. The predicted molar refractivity (Wildman–Crippen MR) is 162 cm³/mol. The molecule has 0 unspecified atom stereocenters. The fourth-order valence-corrected chi connectivity index (χ4v) is 8.99. The van der Waals surface area contributed by atoms with Gasteiger partial charge in [-0.15, -0.1) is 11.3 Å². The number of thiophene rings is 1. The van der Waals surface area contributed by atoms with Crippen LogP contribution in [-0.2, 0) is 10.0 Å². The van der Waals surface area contributed by atoms with Gasteiger partial charge in [0.05, 0.1) is 15.9 Å². The largest absolute Gasteiger partial charge is 0.270 e. The molecule has 186 valence electrons. The molecule has 8 rings (SSSR count). The minimum Gasteiger partial charge on any atom is -0.233 e. The zero-order valence-corrected chi connectivity index (χ0v) is 22.3. The van der Waals surface area contributed by atoms with Crippen molar-refractivity contribution in [3.05, 3.63) is 127 Å². The van der Waals surface area contributed by atoms with E-state index in [-0.39, 0.29) is 0 Å². The molecule has 39 heavy (non-hydrogen) atoms. The van der Waals surface area contributed by atoms with Gasteiger partial charge in [0, 0.05) is 21.2 Å². The van der Waals surface area contributed by atoms with Crippen LogP contribution in [0.25, 0.3) is 64.9 Å². The van der Waals surface area contributed by atoms with Crippen LogP contribution >= 0.6 is 11.3 Å². The molecule has 0 fully saturated rings. The number of benzene rings is 5. The van der Waals surface area contributed by atoms with Crippen LogP contribution < -0.4 is 0 Å². The Bertz CT molecular complexity index is 2160. The molecule has 0 spiro atoms. The molecule has 0 N–H and O–H groups in total. The molecule has 0 amide bonds. The summed E-state index contributed by atoms with van der Waals surface area (Å²) in [6, 6.07) is 42.8. The SMILES string of the molecule is O=S1(=O)c2cc(-c3ccccc3)sc2-c2cc(-c3ccccc3)cc3c4cc(-c5ccccc5)ccc4n1c23. The normalized spacial score (nSPS) is 13.5. The van der Waals surface area contributed by atoms with Crippen molar-refractivity contribution in [2.24, 2.45) is 0 Å². The lowest BCUT2D eigenvalue weighted by molar-refractivity contribution is 0.590. The Morgan fingerprint density at radius 1 is 0.538 bits per heavy atom. The smallest absolute Gasteiger partial charge is 0.233 e. The third-order valence-corrected chi connectivity index (χ3v) is 10.6. The van der Waals surface area contributed by atoms with E-state index in [1.54, 1.807) is 15.3 Å². The third kappa shape index (κ3) is 3.30. The molecule has 0 saturated carbocycles. The molecule has 5 heteroatoms. The van der Waals surface area contributed by atoms with Crippen molar-refractivity contribution < 1.29 is 8.42 Å². The van der Waals surface area contributed by atoms with Crippen LogP contribution in [-0.4, -0.2) is 12.4 Å². The standard InChI is InChI=1S/C34H21NO2S2/c36-39(37)32-21-31(24-14-8-3-9-15-24)38-34(32)29-20-26(23-12-6-2-7-13-23)19-28-27-18-25(22-10-4-1-5-11-22)16-17-30(27)35(39)33(28)29/h1-21H. The summed E-state index contributed by atoms with van der Waals surface area (Å²) in [5.74, 6) is 0. The van der Waals surface area contributed by atoms with Crippen LogP contribution in [0.3, 0.4) is 0 Å². The van der Waals surface area contributed by atoms with Gasteiger partial charge in [0.1, 0.15) is 4.90 Å². The molecule has 3 heterocycles. The summed E-state index contributed by atoms with van der Waals surface area (Å²) in [6.45, 7) is 0. The highest BCUT2D eigenvalue weighted by molar-refractivity contribution is 7.90. The lowest BCUT2D eigenvalue weighted by Crippen LogP contribution is -2.16. The van der Waals surface area contributed by atoms with E-state index in [4.69, 9.17) is 0 Å². The quantitative estimate of drug-likeness (QED) is 0.225. The molecule has 2 aromatic heterocycles. The highest BCUT2D eigenvalue weighted by atomic mass is 32.2. The van der Waals surface area contributed by atoms with Crippen molar-refractivity contribution in [3.8, 4) is 43.1 Å². The van der Waals surface area contributed by atoms with E-state index in [2.05, 4.69) is 42.5 Å². The molecule has 0 radical (unpaired) electrons. The second-order valence-electron chi connectivity index (χ2n) is 9.82. The fourth-order valence-electron chi connectivity index (χ4n) is 5.73. The van der Waals surface area contributed by atoms with E-state index in [9.17, 15) is 8.42 Å². The summed E-state index contributed by atoms with van der Waals surface area (Å²) in [5, 5.41) is 1.88. The van der Waals surface area contributed by atoms with E-state index in [1.165, 1.54) is 0 Å². The first-order valence-electron chi connectivity index (χ1n) is 12.8. The molecule has 0 saturated heterocycles. The molecular weight excluding hydrogens is 519 g/mol. The van der Waals surface area contributed by atoms with E-state index in [0.717, 1.165) is 59.4 Å². The topological polar surface area (TPSA) is 39.1 Å². The van der Waals surface area contributed by atoms with E-state index in [0.29, 0.717) is 10.4 Å². The van der Waals surface area contributed by atoms with Crippen molar-refractivity contribution >= 4 is 43.2 Å². The number of fused-ring (bicyclic) bond motifs is 5. The second-order valence-corrected chi connectivity index (χ2v) is 12.6. The number of aromatic nitrogens is 1. The summed E-state index contributed by atoms with van der Waals surface area (Å²) in [4.78, 5) is 2.12. The van der Waals surface area contributed by atoms with Crippen LogP contribution in [0.15, 0.2) is 132 Å². The highest BCUT2D eigenvalue weighted by Gasteiger charge is 2.35. The van der Waals surface area contributed by atoms with Gasteiger partial charge >= 0.3 is 0 Å². The van der Waals surface area contributed by atoms with Gasteiger partial charge in [-0.1, -0.05) is 97.1 Å². The lowest BCUT2D eigenvalue weighted by atomic mass is 9.97. The number of hydrogen-bond acceptors (Lipinski definition) is 3. The maximum absolute atomic E-state index is 14.3. The van der Waals surface area contributed by atoms with Gasteiger partial charge < -0.3 is 0 Å². The maximum Gasteiger partial charge on any atom is 0.270 e. The van der Waals surface area contributed by atoms with Crippen molar-refractivity contribution in [1.82, 2.24) is 3.97 Å². The average Bonchev–Trinajstić information content (AvgIpc) is 3.59. The zero-order valence-electron chi connectivity index (χ0n) is 20.7. The van der Waals surface area contributed by atoms with E-state index in [1.807, 2.05) is 84.9 Å². The number of rotatable bonds is 3. The second kappa shape index (κ2) is 8.27. The Morgan fingerprint density at radius 2 is 1.13 bits per heavy atom. The molecule has 1 aliphatic rings.